The molecule has 16 rings (SSSR count). The van der Waals surface area contributed by atoms with E-state index in [0.29, 0.717) is 0 Å². The third kappa shape index (κ3) is 7.99. The van der Waals surface area contributed by atoms with Gasteiger partial charge in [0, 0.05) is 43.1 Å². The lowest BCUT2D eigenvalue weighted by Crippen LogP contribution is -2.60. The van der Waals surface area contributed by atoms with E-state index in [1.807, 2.05) is 11.3 Å². The van der Waals surface area contributed by atoms with Crippen LogP contribution in [0.15, 0.2) is 261 Å². The monoisotopic (exact) mass is 1090 g/mol. The van der Waals surface area contributed by atoms with Crippen molar-refractivity contribution < 1.29 is 0 Å². The smallest absolute Gasteiger partial charge is 0.264 e. The lowest BCUT2D eigenvalue weighted by atomic mass is 9.36. The van der Waals surface area contributed by atoms with Gasteiger partial charge in [-0.05, 0) is 164 Å². The summed E-state index contributed by atoms with van der Waals surface area (Å²) in [6.45, 7) is 13.9. The molecule has 2 aliphatic rings. The lowest BCUT2D eigenvalue weighted by Gasteiger charge is -2.44. The molecule has 0 unspecified atom stereocenters. The van der Waals surface area contributed by atoms with E-state index in [-0.39, 0.29) is 17.5 Å². The maximum Gasteiger partial charge on any atom is 0.264 e. The highest BCUT2D eigenvalue weighted by Gasteiger charge is 2.46. The Morgan fingerprint density at radius 3 is 1.51 bits per heavy atom. The van der Waals surface area contributed by atoms with E-state index in [2.05, 4.69) is 312 Å². The van der Waals surface area contributed by atoms with Crippen molar-refractivity contribution in [2.24, 2.45) is 0 Å². The van der Waals surface area contributed by atoms with Crippen molar-refractivity contribution in [1.82, 2.24) is 0 Å². The van der Waals surface area contributed by atoms with E-state index in [9.17, 15) is 0 Å². The number of nitrogens with zero attached hydrogens (tertiary/aromatic N) is 2. The third-order valence-electron chi connectivity index (χ3n) is 18.0. The highest BCUT2D eigenvalue weighted by atomic mass is 32.1. The van der Waals surface area contributed by atoms with Gasteiger partial charge in [0.15, 0.2) is 0 Å². The Morgan fingerprint density at radius 2 is 0.845 bits per heavy atom. The van der Waals surface area contributed by atoms with Crippen LogP contribution >= 0.6 is 11.3 Å². The highest BCUT2D eigenvalue weighted by Crippen LogP contribution is 2.53. The van der Waals surface area contributed by atoms with E-state index in [4.69, 9.17) is 0 Å². The van der Waals surface area contributed by atoms with Crippen molar-refractivity contribution in [3.63, 3.8) is 0 Å². The summed E-state index contributed by atoms with van der Waals surface area (Å²) < 4.78 is 2.63. The molecule has 2 aliphatic heterocycles. The minimum absolute atomic E-state index is 0.0125. The van der Waals surface area contributed by atoms with E-state index in [1.165, 1.54) is 142 Å². The fourth-order valence-electron chi connectivity index (χ4n) is 13.9. The molecule has 0 bridgehead atoms. The zero-order valence-corrected chi connectivity index (χ0v) is 49.0. The highest BCUT2D eigenvalue weighted by molar-refractivity contribution is 7.33. The topological polar surface area (TPSA) is 6.48 Å². The molecule has 0 saturated heterocycles. The second kappa shape index (κ2) is 19.0. The first-order chi connectivity index (χ1) is 40.9. The number of fused-ring (bicyclic) bond motifs is 6. The van der Waals surface area contributed by atoms with Crippen LogP contribution in [0.3, 0.4) is 0 Å². The number of hydrogen-bond donors (Lipinski definition) is 0. The van der Waals surface area contributed by atoms with Gasteiger partial charge in [0.2, 0.25) is 0 Å². The summed E-state index contributed by atoms with van der Waals surface area (Å²) in [6, 6.07) is 98.8. The first-order valence-corrected chi connectivity index (χ1v) is 30.4. The molecule has 4 heteroatoms. The second-order valence-corrected chi connectivity index (χ2v) is 26.3. The molecular weight excluding hydrogens is 1030 g/mol. The van der Waals surface area contributed by atoms with Gasteiger partial charge in [-0.15, -0.1) is 11.3 Å². The number of para-hydroxylation sites is 2. The van der Waals surface area contributed by atoms with Crippen molar-refractivity contribution in [3.8, 4) is 55.6 Å². The molecule has 0 fully saturated rings. The summed E-state index contributed by atoms with van der Waals surface area (Å²) in [6.07, 6.45) is 0. The van der Waals surface area contributed by atoms with Crippen LogP contribution in [-0.2, 0) is 10.8 Å². The summed E-state index contributed by atoms with van der Waals surface area (Å²) in [5.74, 6) is 0. The standard InChI is InChI=1S/C80H61BN2S/c1-79(2,3)60-42-56-37-38-57-43-61(80(4,5)6)49-66-65(45-59(44-60)74(56)75(57)66)55-30-22-29-53(41-55)58-47-71-76-72(48-58)83(69-35-20-17-32-63(69)52-27-14-9-15-28-52)77-64-33-18-21-36-73(64)84-78(77)81(76)67-46-54(50-23-10-7-11-24-50)39-40-70(67)82(71)68-34-19-16-31-62(68)51-25-12-8-13-26-51/h7-49H,1-6H3. The van der Waals surface area contributed by atoms with Crippen molar-refractivity contribution in [2.45, 2.75) is 52.4 Å². The van der Waals surface area contributed by atoms with Gasteiger partial charge >= 0.3 is 0 Å². The summed E-state index contributed by atoms with van der Waals surface area (Å²) in [4.78, 5) is 5.26. The number of rotatable bonds is 7. The number of benzene rings is 13. The average molecular weight is 1090 g/mol. The molecular formula is C80H61BN2S. The molecule has 0 N–H and O–H groups in total. The Hall–Kier alpha value is -9.48. The molecule has 0 radical (unpaired) electrons. The molecule has 0 saturated carbocycles. The van der Waals surface area contributed by atoms with Gasteiger partial charge in [-0.3, -0.25) is 0 Å². The van der Waals surface area contributed by atoms with E-state index >= 15 is 0 Å². The van der Waals surface area contributed by atoms with Crippen LogP contribution in [0.1, 0.15) is 52.7 Å². The van der Waals surface area contributed by atoms with Gasteiger partial charge in [-0.1, -0.05) is 248 Å². The lowest BCUT2D eigenvalue weighted by molar-refractivity contribution is 0.591. The molecule has 3 heterocycles. The van der Waals surface area contributed by atoms with Gasteiger partial charge in [-0.25, -0.2) is 0 Å². The van der Waals surface area contributed by atoms with Gasteiger partial charge in [0.05, 0.1) is 17.1 Å². The normalized spacial score (nSPS) is 13.0. The molecule has 400 valence electrons. The fourth-order valence-corrected chi connectivity index (χ4v) is 15.2. The first kappa shape index (κ1) is 50.3. The van der Waals surface area contributed by atoms with E-state index in [0.717, 1.165) is 16.9 Å². The maximum absolute atomic E-state index is 2.65. The predicted molar refractivity (Wildman–Crippen MR) is 364 cm³/mol. The van der Waals surface area contributed by atoms with Gasteiger partial charge in [0.25, 0.3) is 6.71 Å². The molecule has 13 aromatic carbocycles. The SMILES string of the molecule is CC(C)(C)c1cc2ccc3cc(C(C)(C)C)cc4c(-c5cccc(-c6cc7c8c(c6)N(c6ccccc6-c6ccccc6)c6c(sc9ccccc69)B8c6cc(-c8ccccc8)ccc6N7c6ccccc6-c6ccccc6)c5)cc(c1)c2c34. The Bertz CT molecular complexity index is 4930. The van der Waals surface area contributed by atoms with Crippen LogP contribution < -0.4 is 25.5 Å². The molecule has 1 aromatic heterocycles. The predicted octanol–water partition coefficient (Wildman–Crippen LogP) is 20.8. The molecule has 2 nitrogen and oxygen atoms in total. The van der Waals surface area contributed by atoms with Crippen molar-refractivity contribution in [2.75, 3.05) is 9.80 Å². The van der Waals surface area contributed by atoms with Gasteiger partial charge in [-0.2, -0.15) is 0 Å². The van der Waals surface area contributed by atoms with Crippen LogP contribution in [0.5, 0.6) is 0 Å². The van der Waals surface area contributed by atoms with Gasteiger partial charge < -0.3 is 9.80 Å². The van der Waals surface area contributed by atoms with E-state index < -0.39 is 0 Å². The first-order valence-electron chi connectivity index (χ1n) is 29.6. The summed E-state index contributed by atoms with van der Waals surface area (Å²) in [5.41, 5.74) is 24.2. The summed E-state index contributed by atoms with van der Waals surface area (Å²) >= 11 is 1.95. The maximum atomic E-state index is 2.65. The van der Waals surface area contributed by atoms with Crippen LogP contribution in [0.25, 0.3) is 98.0 Å². The molecule has 0 aliphatic carbocycles. The molecule has 84 heavy (non-hydrogen) atoms. The van der Waals surface area contributed by atoms with Crippen LogP contribution in [0, 0.1) is 0 Å². The van der Waals surface area contributed by atoms with Gasteiger partial charge in [0.1, 0.15) is 0 Å². The largest absolute Gasteiger partial charge is 0.311 e. The van der Waals surface area contributed by atoms with Crippen molar-refractivity contribution in [1.29, 1.82) is 0 Å². The van der Waals surface area contributed by atoms with Crippen LogP contribution in [0.2, 0.25) is 0 Å². The van der Waals surface area contributed by atoms with E-state index in [1.54, 1.807) is 0 Å². The molecule has 0 spiro atoms. The zero-order chi connectivity index (χ0) is 56.6. The van der Waals surface area contributed by atoms with Crippen molar-refractivity contribution in [3.05, 3.63) is 272 Å². The quantitative estimate of drug-likeness (QED) is 0.116. The molecule has 0 atom stereocenters. The Balaban J connectivity index is 1.02. The second-order valence-electron chi connectivity index (χ2n) is 25.2. The number of anilines is 6. The minimum atomic E-state index is -0.0765. The Kier molecular flexibility index (Phi) is 11.4. The third-order valence-corrected chi connectivity index (χ3v) is 19.2. The molecule has 0 amide bonds. The molecule has 14 aromatic rings. The number of hydrogen-bond acceptors (Lipinski definition) is 3. The Morgan fingerprint density at radius 1 is 0.321 bits per heavy atom. The fraction of sp³-hybridized carbons (Fsp3) is 0.100. The van der Waals surface area contributed by atoms with Crippen molar-refractivity contribution >= 4 is 110 Å². The van der Waals surface area contributed by atoms with Crippen LogP contribution in [0.4, 0.5) is 34.1 Å². The zero-order valence-electron chi connectivity index (χ0n) is 48.2. The number of thiophene rings is 1. The van der Waals surface area contributed by atoms with Crippen LogP contribution in [-0.4, -0.2) is 6.71 Å². The Labute approximate surface area is 497 Å². The summed E-state index contributed by atoms with van der Waals surface area (Å²) in [7, 11) is 0. The summed E-state index contributed by atoms with van der Waals surface area (Å²) in [5, 5.41) is 9.14. The minimum Gasteiger partial charge on any atom is -0.311 e. The average Bonchev–Trinajstić information content (AvgIpc) is 1.36.